The number of nitrogens with zero attached hydrogens (tertiary/aromatic N) is 1. The van der Waals surface area contributed by atoms with E-state index in [1.165, 1.54) is 11.3 Å². The van der Waals surface area contributed by atoms with E-state index in [1.54, 1.807) is 19.2 Å². The molecule has 0 aliphatic heterocycles. The zero-order valence-electron chi connectivity index (χ0n) is 12.0. The van der Waals surface area contributed by atoms with E-state index in [0.717, 1.165) is 22.6 Å². The zero-order chi connectivity index (χ0) is 15.2. The lowest BCUT2D eigenvalue weighted by Gasteiger charge is -2.15. The molecule has 5 nitrogen and oxygen atoms in total. The van der Waals surface area contributed by atoms with Gasteiger partial charge in [-0.25, -0.2) is 0 Å². The lowest BCUT2D eigenvalue weighted by molar-refractivity contribution is -0.380. The summed E-state index contributed by atoms with van der Waals surface area (Å²) in [6.07, 6.45) is 0.845. The van der Waals surface area contributed by atoms with Crippen molar-refractivity contribution in [2.45, 2.75) is 25.9 Å². The van der Waals surface area contributed by atoms with Crippen molar-refractivity contribution in [3.63, 3.8) is 0 Å². The van der Waals surface area contributed by atoms with Gasteiger partial charge in [0, 0.05) is 23.5 Å². The minimum absolute atomic E-state index is 0.184. The summed E-state index contributed by atoms with van der Waals surface area (Å²) in [4.78, 5) is 11.3. The average molecular weight is 306 g/mol. The number of rotatable bonds is 7. The topological polar surface area (TPSA) is 64.4 Å². The van der Waals surface area contributed by atoms with E-state index in [1.807, 2.05) is 24.3 Å². The molecule has 1 atom stereocenters. The van der Waals surface area contributed by atoms with Crippen LogP contribution in [0, 0.1) is 10.1 Å². The van der Waals surface area contributed by atoms with Gasteiger partial charge in [-0.1, -0.05) is 29.5 Å². The first-order valence-electron chi connectivity index (χ1n) is 6.68. The van der Waals surface area contributed by atoms with Crippen LogP contribution in [0.2, 0.25) is 0 Å². The number of ether oxygens (including phenoxy) is 1. The Morgan fingerprint density at radius 3 is 2.76 bits per heavy atom. The van der Waals surface area contributed by atoms with E-state index in [2.05, 4.69) is 12.2 Å². The summed E-state index contributed by atoms with van der Waals surface area (Å²) in [5.41, 5.74) is 1.15. The molecular formula is C15H18N2O3S. The second-order valence-corrected chi connectivity index (χ2v) is 5.94. The van der Waals surface area contributed by atoms with Gasteiger partial charge in [0.2, 0.25) is 0 Å². The highest BCUT2D eigenvalue weighted by molar-refractivity contribution is 7.15. The molecule has 1 unspecified atom stereocenters. The van der Waals surface area contributed by atoms with E-state index >= 15 is 0 Å². The average Bonchev–Trinajstić information content (AvgIpc) is 2.95. The summed E-state index contributed by atoms with van der Waals surface area (Å²) in [6, 6.07) is 11.5. The highest BCUT2D eigenvalue weighted by Gasteiger charge is 2.11. The Morgan fingerprint density at radius 2 is 2.10 bits per heavy atom. The smallest absolute Gasteiger partial charge is 0.324 e. The third-order valence-electron chi connectivity index (χ3n) is 3.17. The molecule has 0 amide bonds. The van der Waals surface area contributed by atoms with Crippen molar-refractivity contribution in [3.05, 3.63) is 57.0 Å². The van der Waals surface area contributed by atoms with Crippen molar-refractivity contribution < 1.29 is 9.66 Å². The molecule has 112 valence electrons. The first kappa shape index (κ1) is 15.5. The second kappa shape index (κ2) is 7.19. The van der Waals surface area contributed by atoms with Crippen LogP contribution in [0.3, 0.4) is 0 Å². The number of thiophene rings is 1. The molecule has 0 spiro atoms. The van der Waals surface area contributed by atoms with Crippen LogP contribution >= 0.6 is 11.3 Å². The van der Waals surface area contributed by atoms with E-state index in [4.69, 9.17) is 4.74 Å². The second-order valence-electron chi connectivity index (χ2n) is 4.79. The Bertz CT molecular complexity index is 612. The number of nitro groups is 1. The minimum Gasteiger partial charge on any atom is -0.496 e. The minimum atomic E-state index is -0.355. The number of hydrogen-bond donors (Lipinski definition) is 1. The van der Waals surface area contributed by atoms with Crippen molar-refractivity contribution in [2.24, 2.45) is 0 Å². The van der Waals surface area contributed by atoms with Crippen LogP contribution in [0.15, 0.2) is 36.4 Å². The van der Waals surface area contributed by atoms with Crippen LogP contribution in [0.1, 0.15) is 17.4 Å². The molecule has 1 aromatic carbocycles. The van der Waals surface area contributed by atoms with Gasteiger partial charge in [0.15, 0.2) is 0 Å². The normalized spacial score (nSPS) is 12.1. The van der Waals surface area contributed by atoms with Gasteiger partial charge in [-0.2, -0.15) is 0 Å². The van der Waals surface area contributed by atoms with Crippen LogP contribution in [0.25, 0.3) is 0 Å². The Labute approximate surface area is 127 Å². The van der Waals surface area contributed by atoms with Crippen molar-refractivity contribution in [1.82, 2.24) is 5.32 Å². The quantitative estimate of drug-likeness (QED) is 0.629. The Kier molecular flexibility index (Phi) is 5.30. The van der Waals surface area contributed by atoms with E-state index in [0.29, 0.717) is 6.54 Å². The Hall–Kier alpha value is -1.92. The molecule has 2 aromatic rings. The van der Waals surface area contributed by atoms with Gasteiger partial charge in [-0.3, -0.25) is 10.1 Å². The molecule has 0 aliphatic carbocycles. The van der Waals surface area contributed by atoms with Gasteiger partial charge in [-0.05, 0) is 31.0 Å². The highest BCUT2D eigenvalue weighted by Crippen LogP contribution is 2.24. The SMILES string of the molecule is COc1ccccc1CC(C)NCc1ccc([N+](=O)[O-])s1. The molecule has 6 heteroatoms. The van der Waals surface area contributed by atoms with Crippen LogP contribution in [-0.2, 0) is 13.0 Å². The molecule has 1 N–H and O–H groups in total. The molecule has 1 aromatic heterocycles. The fourth-order valence-electron chi connectivity index (χ4n) is 2.11. The summed E-state index contributed by atoms with van der Waals surface area (Å²) < 4.78 is 5.34. The zero-order valence-corrected chi connectivity index (χ0v) is 12.9. The van der Waals surface area contributed by atoms with Gasteiger partial charge in [0.1, 0.15) is 5.75 Å². The maximum absolute atomic E-state index is 10.6. The summed E-state index contributed by atoms with van der Waals surface area (Å²) >= 11 is 1.21. The van der Waals surface area contributed by atoms with Crippen molar-refractivity contribution in [1.29, 1.82) is 0 Å². The fraction of sp³-hybridized carbons (Fsp3) is 0.333. The van der Waals surface area contributed by atoms with E-state index in [-0.39, 0.29) is 16.0 Å². The predicted molar refractivity (Wildman–Crippen MR) is 84.0 cm³/mol. The lowest BCUT2D eigenvalue weighted by atomic mass is 10.1. The van der Waals surface area contributed by atoms with Gasteiger partial charge < -0.3 is 10.1 Å². The molecule has 0 saturated heterocycles. The molecule has 21 heavy (non-hydrogen) atoms. The van der Waals surface area contributed by atoms with E-state index in [9.17, 15) is 10.1 Å². The van der Waals surface area contributed by atoms with E-state index < -0.39 is 0 Å². The molecule has 0 aliphatic rings. The maximum Gasteiger partial charge on any atom is 0.324 e. The molecule has 0 saturated carbocycles. The number of methoxy groups -OCH3 is 1. The van der Waals surface area contributed by atoms with Crippen LogP contribution < -0.4 is 10.1 Å². The largest absolute Gasteiger partial charge is 0.496 e. The Balaban J connectivity index is 1.89. The molecule has 2 rings (SSSR count). The summed E-state index contributed by atoms with van der Waals surface area (Å²) in [7, 11) is 1.67. The van der Waals surface area contributed by atoms with Crippen molar-refractivity contribution in [3.8, 4) is 5.75 Å². The molecule has 1 heterocycles. The molecule has 0 radical (unpaired) electrons. The van der Waals surface area contributed by atoms with Crippen molar-refractivity contribution >= 4 is 16.3 Å². The standard InChI is InChI=1S/C15H18N2O3S/c1-11(9-12-5-3-4-6-14(12)20-2)16-10-13-7-8-15(21-13)17(18)19/h3-8,11,16H,9-10H2,1-2H3. The van der Waals surface area contributed by atoms with Gasteiger partial charge in [-0.15, -0.1) is 0 Å². The monoisotopic (exact) mass is 306 g/mol. The number of para-hydroxylation sites is 1. The van der Waals surface area contributed by atoms with Gasteiger partial charge in [0.05, 0.1) is 12.0 Å². The lowest BCUT2D eigenvalue weighted by Crippen LogP contribution is -2.27. The third kappa shape index (κ3) is 4.27. The highest BCUT2D eigenvalue weighted by atomic mass is 32.1. The van der Waals surface area contributed by atoms with Crippen molar-refractivity contribution in [2.75, 3.05) is 7.11 Å². The predicted octanol–water partition coefficient (Wildman–Crippen LogP) is 3.39. The molecule has 0 bridgehead atoms. The summed E-state index contributed by atoms with van der Waals surface area (Å²) in [5.74, 6) is 0.887. The molecule has 0 fully saturated rings. The number of nitrogens with one attached hydrogen (secondary N) is 1. The summed E-state index contributed by atoms with van der Waals surface area (Å²) in [5, 5.41) is 14.2. The third-order valence-corrected chi connectivity index (χ3v) is 4.21. The first-order chi connectivity index (χ1) is 10.1. The summed E-state index contributed by atoms with van der Waals surface area (Å²) in [6.45, 7) is 2.73. The van der Waals surface area contributed by atoms with Gasteiger partial charge >= 0.3 is 5.00 Å². The maximum atomic E-state index is 10.6. The number of hydrogen-bond acceptors (Lipinski definition) is 5. The first-order valence-corrected chi connectivity index (χ1v) is 7.50. The van der Waals surface area contributed by atoms with Crippen LogP contribution in [-0.4, -0.2) is 18.1 Å². The van der Waals surface area contributed by atoms with Gasteiger partial charge in [0.25, 0.3) is 0 Å². The van der Waals surface area contributed by atoms with Crippen LogP contribution in [0.5, 0.6) is 5.75 Å². The van der Waals surface area contributed by atoms with Crippen LogP contribution in [0.4, 0.5) is 5.00 Å². The fourth-order valence-corrected chi connectivity index (χ4v) is 2.88. The number of benzene rings is 1. The Morgan fingerprint density at radius 1 is 1.33 bits per heavy atom. The molecular weight excluding hydrogens is 288 g/mol.